The van der Waals surface area contributed by atoms with E-state index in [0.717, 1.165) is 37.4 Å². The topological polar surface area (TPSA) is 63.6 Å². The van der Waals surface area contributed by atoms with Crippen LogP contribution in [-0.4, -0.2) is 25.4 Å². The first-order valence-electron chi connectivity index (χ1n) is 10.5. The van der Waals surface area contributed by atoms with Crippen molar-refractivity contribution in [1.82, 2.24) is 0 Å². The minimum absolute atomic E-state index is 0.0807. The molecule has 0 aliphatic heterocycles. The molecule has 152 valence electrons. The van der Waals surface area contributed by atoms with Crippen molar-refractivity contribution in [2.24, 2.45) is 0 Å². The Kier molecular flexibility index (Phi) is 14.4. The van der Waals surface area contributed by atoms with Crippen LogP contribution in [0.1, 0.15) is 91.4 Å². The van der Waals surface area contributed by atoms with Crippen LogP contribution in [0.3, 0.4) is 0 Å². The first kappa shape index (κ1) is 24.9. The molecule has 0 bridgehead atoms. The highest BCUT2D eigenvalue weighted by Gasteiger charge is 2.36. The van der Waals surface area contributed by atoms with E-state index in [4.69, 9.17) is 9.53 Å². The summed E-state index contributed by atoms with van der Waals surface area (Å²) in [4.78, 5) is 23.3. The van der Waals surface area contributed by atoms with Gasteiger partial charge in [-0.3, -0.25) is 4.79 Å². The fraction of sp³-hybridized carbons (Fsp3) is 0.810. The average Bonchev–Trinajstić information content (AvgIpc) is 2.60. The van der Waals surface area contributed by atoms with Crippen LogP contribution in [0, 0.1) is 0 Å². The zero-order chi connectivity index (χ0) is 19.8. The number of carbonyl (C=O) groups excluding carboxylic acids is 1. The van der Waals surface area contributed by atoms with Crippen molar-refractivity contribution >= 4 is 20.3 Å². The van der Waals surface area contributed by atoms with E-state index in [1.165, 1.54) is 38.5 Å². The van der Waals surface area contributed by atoms with Crippen LogP contribution in [-0.2, 0) is 14.0 Å². The van der Waals surface area contributed by atoms with Crippen LogP contribution in [0.15, 0.2) is 12.2 Å². The molecule has 4 nitrogen and oxygen atoms in total. The van der Waals surface area contributed by atoms with Gasteiger partial charge < -0.3 is 9.53 Å². The molecule has 0 aliphatic rings. The molecule has 26 heavy (non-hydrogen) atoms. The summed E-state index contributed by atoms with van der Waals surface area (Å²) in [5.41, 5.74) is 0.0807. The van der Waals surface area contributed by atoms with E-state index in [9.17, 15) is 9.59 Å². The van der Waals surface area contributed by atoms with Gasteiger partial charge in [0.15, 0.2) is 0 Å². The van der Waals surface area contributed by atoms with Crippen molar-refractivity contribution in [3.05, 3.63) is 12.2 Å². The van der Waals surface area contributed by atoms with E-state index in [0.29, 0.717) is 0 Å². The maximum Gasteiger partial charge on any atom is 0.330 e. The van der Waals surface area contributed by atoms with E-state index in [-0.39, 0.29) is 24.4 Å². The molecule has 0 unspecified atom stereocenters. The molecule has 0 fully saturated rings. The maximum absolute atomic E-state index is 12.5. The van der Waals surface area contributed by atoms with E-state index in [2.05, 4.69) is 27.4 Å². The third-order valence-corrected chi connectivity index (χ3v) is 9.43. The smallest absolute Gasteiger partial charge is 0.330 e. The largest absolute Gasteiger partial charge is 0.519 e. The quantitative estimate of drug-likeness (QED) is 0.177. The summed E-state index contributed by atoms with van der Waals surface area (Å²) in [6, 6.07) is 3.17. The van der Waals surface area contributed by atoms with Crippen LogP contribution < -0.4 is 0 Å². The van der Waals surface area contributed by atoms with Gasteiger partial charge in [-0.15, -0.1) is 0 Å². The van der Waals surface area contributed by atoms with Gasteiger partial charge in [-0.2, -0.15) is 0 Å². The highest BCUT2D eigenvalue weighted by Crippen LogP contribution is 2.31. The Morgan fingerprint density at radius 1 is 0.808 bits per heavy atom. The van der Waals surface area contributed by atoms with Crippen molar-refractivity contribution < 1.29 is 19.1 Å². The molecule has 0 aromatic carbocycles. The minimum atomic E-state index is -2.10. The Morgan fingerprint density at radius 2 is 1.23 bits per heavy atom. The van der Waals surface area contributed by atoms with Gasteiger partial charge in [0.1, 0.15) is 0 Å². The average molecular weight is 385 g/mol. The molecule has 0 radical (unpaired) electrons. The van der Waals surface area contributed by atoms with Crippen molar-refractivity contribution in [2.45, 2.75) is 110 Å². The molecule has 0 saturated carbocycles. The predicted molar refractivity (Wildman–Crippen MR) is 111 cm³/mol. The molecule has 1 N–H and O–H groups in total. The highest BCUT2D eigenvalue weighted by atomic mass is 28.4. The van der Waals surface area contributed by atoms with Crippen molar-refractivity contribution in [3.8, 4) is 0 Å². The number of unbranched alkanes of at least 4 members (excludes halogenated alkanes) is 6. The Bertz CT molecular complexity index is 394. The molecule has 5 heteroatoms. The normalized spacial score (nSPS) is 11.3. The van der Waals surface area contributed by atoms with E-state index in [1.807, 2.05) is 0 Å². The molecule has 0 aliphatic carbocycles. The van der Waals surface area contributed by atoms with Crippen LogP contribution in [0.2, 0.25) is 18.1 Å². The second-order valence-corrected chi connectivity index (χ2v) is 11.5. The van der Waals surface area contributed by atoms with Crippen molar-refractivity contribution in [1.29, 1.82) is 0 Å². The second kappa shape index (κ2) is 15.0. The molecular weight excluding hydrogens is 344 g/mol. The monoisotopic (exact) mass is 384 g/mol. The van der Waals surface area contributed by atoms with Gasteiger partial charge in [-0.05, 0) is 24.6 Å². The van der Waals surface area contributed by atoms with Gasteiger partial charge in [-0.25, -0.2) is 4.79 Å². The number of carbonyl (C=O) groups is 2. The highest BCUT2D eigenvalue weighted by molar-refractivity contribution is 6.75. The first-order chi connectivity index (χ1) is 12.4. The Morgan fingerprint density at radius 3 is 1.58 bits per heavy atom. The lowest BCUT2D eigenvalue weighted by Crippen LogP contribution is -2.40. The van der Waals surface area contributed by atoms with Crippen molar-refractivity contribution in [2.75, 3.05) is 0 Å². The summed E-state index contributed by atoms with van der Waals surface area (Å²) in [5, 5.41) is 8.91. The summed E-state index contributed by atoms with van der Waals surface area (Å²) in [6.07, 6.45) is 10.8. The summed E-state index contributed by atoms with van der Waals surface area (Å²) < 4.78 is 6.17. The Labute approximate surface area is 161 Å². The number of aliphatic carboxylic acids is 1. The summed E-state index contributed by atoms with van der Waals surface area (Å²) in [6.45, 7) is 10.1. The standard InChI is InChI=1S/C21H40O4Si/c1-5-8-11-16-26(17-12-9-6-2,18-13-10-7-3)25-20(22)15-14-19(4)21(23)24/h4-18H2,1-3H3,(H,23,24). The van der Waals surface area contributed by atoms with E-state index < -0.39 is 14.3 Å². The Hall–Kier alpha value is -1.10. The lowest BCUT2D eigenvalue weighted by Gasteiger charge is -2.32. The predicted octanol–water partition coefficient (Wildman–Crippen LogP) is 6.47. The zero-order valence-electron chi connectivity index (χ0n) is 17.3. The third kappa shape index (κ3) is 11.5. The SMILES string of the molecule is C=C(CCC(=O)O[Si](CCCCC)(CCCCC)CCCCC)C(=O)O. The summed E-state index contributed by atoms with van der Waals surface area (Å²) >= 11 is 0. The second-order valence-electron chi connectivity index (χ2n) is 7.44. The van der Waals surface area contributed by atoms with Gasteiger partial charge in [-0.1, -0.05) is 85.1 Å². The fourth-order valence-electron chi connectivity index (χ4n) is 3.27. The summed E-state index contributed by atoms with van der Waals surface area (Å²) in [5.74, 6) is -1.25. The molecule has 0 spiro atoms. The molecule has 0 heterocycles. The van der Waals surface area contributed by atoms with Crippen LogP contribution in [0.25, 0.3) is 0 Å². The number of hydrogen-bond acceptors (Lipinski definition) is 3. The van der Waals surface area contributed by atoms with Crippen LogP contribution >= 0.6 is 0 Å². The molecule has 0 aromatic rings. The lowest BCUT2D eigenvalue weighted by atomic mass is 10.2. The Balaban J connectivity index is 4.96. The molecule has 0 saturated heterocycles. The van der Waals surface area contributed by atoms with E-state index >= 15 is 0 Å². The zero-order valence-corrected chi connectivity index (χ0v) is 18.3. The van der Waals surface area contributed by atoms with Gasteiger partial charge in [0.2, 0.25) is 0 Å². The third-order valence-electron chi connectivity index (χ3n) is 4.97. The summed E-state index contributed by atoms with van der Waals surface area (Å²) in [7, 11) is -2.10. The van der Waals surface area contributed by atoms with Crippen molar-refractivity contribution in [3.63, 3.8) is 0 Å². The number of carboxylic acid groups (broad SMARTS) is 1. The minimum Gasteiger partial charge on any atom is -0.519 e. The van der Waals surface area contributed by atoms with Crippen LogP contribution in [0.4, 0.5) is 0 Å². The fourth-order valence-corrected chi connectivity index (χ4v) is 7.60. The molecule has 0 amide bonds. The molecular formula is C21H40O4Si. The number of carboxylic acids is 1. The van der Waals surface area contributed by atoms with Gasteiger partial charge in [0, 0.05) is 12.0 Å². The molecule has 0 rings (SSSR count). The lowest BCUT2D eigenvalue weighted by molar-refractivity contribution is -0.135. The van der Waals surface area contributed by atoms with E-state index in [1.54, 1.807) is 0 Å². The molecule has 0 aromatic heterocycles. The number of rotatable bonds is 17. The maximum atomic E-state index is 12.5. The van der Waals surface area contributed by atoms with Gasteiger partial charge >= 0.3 is 5.97 Å². The van der Waals surface area contributed by atoms with Crippen LogP contribution in [0.5, 0.6) is 0 Å². The molecule has 0 atom stereocenters. The van der Waals surface area contributed by atoms with Gasteiger partial charge in [0.05, 0.1) is 0 Å². The van der Waals surface area contributed by atoms with Gasteiger partial charge in [0.25, 0.3) is 14.3 Å². The first-order valence-corrected chi connectivity index (χ1v) is 13.1. The number of hydrogen-bond donors (Lipinski definition) is 1.